The highest BCUT2D eigenvalue weighted by Crippen LogP contribution is 2.32. The minimum absolute atomic E-state index is 0.0127. The predicted molar refractivity (Wildman–Crippen MR) is 90.5 cm³/mol. The molecular weight excluding hydrogens is 328 g/mol. The fourth-order valence-corrected chi connectivity index (χ4v) is 5.52. The lowest BCUT2D eigenvalue weighted by atomic mass is 10.2. The van der Waals surface area contributed by atoms with Gasteiger partial charge in [0, 0.05) is 22.0 Å². The van der Waals surface area contributed by atoms with Crippen LogP contribution < -0.4 is 10.5 Å². The molecule has 1 fully saturated rings. The Kier molecular flexibility index (Phi) is 5.46. The topological polar surface area (TPSA) is 72.2 Å². The van der Waals surface area contributed by atoms with Gasteiger partial charge >= 0.3 is 0 Å². The number of hydrogen-bond acceptors (Lipinski definition) is 4. The summed E-state index contributed by atoms with van der Waals surface area (Å²) < 4.78 is 27.9. The van der Waals surface area contributed by atoms with Crippen LogP contribution in [-0.4, -0.2) is 25.5 Å². The number of thioether (sulfide) groups is 1. The van der Waals surface area contributed by atoms with Crippen molar-refractivity contribution < 1.29 is 8.42 Å². The Labute approximate surface area is 135 Å². The van der Waals surface area contributed by atoms with Gasteiger partial charge in [0.2, 0.25) is 10.0 Å². The van der Waals surface area contributed by atoms with Gasteiger partial charge in [-0.25, -0.2) is 13.1 Å². The highest BCUT2D eigenvalue weighted by atomic mass is 35.5. The molecule has 118 valence electrons. The second-order valence-electron chi connectivity index (χ2n) is 5.27. The molecule has 1 saturated carbocycles. The standard InChI is InChI=1S/C14H21ClN2O2S2/c1-3-20-14-6-4-5-13(14)17-21(18,19)10-7-11(15)9(2)12(16)8-10/h7-8,13-14,17H,3-6,16H2,1-2H3. The van der Waals surface area contributed by atoms with E-state index in [2.05, 4.69) is 11.6 Å². The second-order valence-corrected chi connectivity index (χ2v) is 8.91. The third kappa shape index (κ3) is 3.86. The average Bonchev–Trinajstić information content (AvgIpc) is 2.82. The monoisotopic (exact) mass is 348 g/mol. The Bertz CT molecular complexity index is 596. The molecule has 1 aliphatic carbocycles. The number of benzene rings is 1. The lowest BCUT2D eigenvalue weighted by molar-refractivity contribution is 0.555. The number of anilines is 1. The average molecular weight is 349 g/mol. The molecule has 0 amide bonds. The molecule has 3 N–H and O–H groups in total. The molecule has 0 heterocycles. The van der Waals surface area contributed by atoms with E-state index in [4.69, 9.17) is 17.3 Å². The summed E-state index contributed by atoms with van der Waals surface area (Å²) in [6, 6.07) is 2.92. The Balaban J connectivity index is 2.22. The van der Waals surface area contributed by atoms with Crippen molar-refractivity contribution in [2.75, 3.05) is 11.5 Å². The molecule has 2 atom stereocenters. The molecular formula is C14H21ClN2O2S2. The first-order chi connectivity index (χ1) is 9.85. The summed E-state index contributed by atoms with van der Waals surface area (Å²) in [4.78, 5) is 0.141. The van der Waals surface area contributed by atoms with E-state index in [-0.39, 0.29) is 10.9 Å². The number of sulfonamides is 1. The summed E-state index contributed by atoms with van der Waals surface area (Å²) in [6.45, 7) is 3.86. The van der Waals surface area contributed by atoms with E-state index in [1.54, 1.807) is 6.92 Å². The number of nitrogens with two attached hydrogens (primary N) is 1. The van der Waals surface area contributed by atoms with Gasteiger partial charge in [-0.15, -0.1) is 0 Å². The van der Waals surface area contributed by atoms with E-state index in [0.29, 0.717) is 21.5 Å². The van der Waals surface area contributed by atoms with Crippen molar-refractivity contribution in [1.29, 1.82) is 0 Å². The van der Waals surface area contributed by atoms with Crippen LogP contribution in [0.15, 0.2) is 17.0 Å². The van der Waals surface area contributed by atoms with Crippen LogP contribution in [0, 0.1) is 6.92 Å². The smallest absolute Gasteiger partial charge is 0.240 e. The number of halogens is 1. The fraction of sp³-hybridized carbons (Fsp3) is 0.571. The number of rotatable bonds is 5. The molecule has 7 heteroatoms. The molecule has 0 aromatic heterocycles. The maximum atomic E-state index is 12.5. The third-order valence-corrected chi connectivity index (χ3v) is 7.00. The van der Waals surface area contributed by atoms with Crippen LogP contribution in [0.2, 0.25) is 5.02 Å². The van der Waals surface area contributed by atoms with E-state index >= 15 is 0 Å². The molecule has 21 heavy (non-hydrogen) atoms. The first-order valence-electron chi connectivity index (χ1n) is 7.04. The largest absolute Gasteiger partial charge is 0.398 e. The minimum Gasteiger partial charge on any atom is -0.398 e. The SMILES string of the molecule is CCSC1CCCC1NS(=O)(=O)c1cc(N)c(C)c(Cl)c1. The molecule has 0 spiro atoms. The Morgan fingerprint density at radius 1 is 1.43 bits per heavy atom. The van der Waals surface area contributed by atoms with Crippen molar-refractivity contribution >= 4 is 39.1 Å². The van der Waals surface area contributed by atoms with Gasteiger partial charge in [-0.1, -0.05) is 24.9 Å². The van der Waals surface area contributed by atoms with Crippen LogP contribution in [0.4, 0.5) is 5.69 Å². The Hall–Kier alpha value is -0.430. The van der Waals surface area contributed by atoms with Gasteiger partial charge in [-0.05, 0) is 43.2 Å². The van der Waals surface area contributed by atoms with Crippen molar-refractivity contribution in [2.24, 2.45) is 0 Å². The van der Waals surface area contributed by atoms with Crippen LogP contribution in [0.5, 0.6) is 0 Å². The summed E-state index contributed by atoms with van der Waals surface area (Å²) in [6.07, 6.45) is 3.00. The fourth-order valence-electron chi connectivity index (χ4n) is 2.57. The summed E-state index contributed by atoms with van der Waals surface area (Å²) in [5, 5.41) is 0.726. The molecule has 0 bridgehead atoms. The Morgan fingerprint density at radius 2 is 2.14 bits per heavy atom. The van der Waals surface area contributed by atoms with Crippen molar-refractivity contribution in [1.82, 2.24) is 4.72 Å². The van der Waals surface area contributed by atoms with E-state index in [0.717, 1.165) is 25.0 Å². The van der Waals surface area contributed by atoms with Gasteiger partial charge in [0.05, 0.1) is 4.90 Å². The van der Waals surface area contributed by atoms with Crippen molar-refractivity contribution in [2.45, 2.75) is 49.3 Å². The molecule has 0 radical (unpaired) electrons. The van der Waals surface area contributed by atoms with Crippen LogP contribution in [-0.2, 0) is 10.0 Å². The number of hydrogen-bond donors (Lipinski definition) is 2. The zero-order valence-electron chi connectivity index (χ0n) is 12.2. The van der Waals surface area contributed by atoms with Crippen LogP contribution in [0.25, 0.3) is 0 Å². The van der Waals surface area contributed by atoms with Gasteiger partial charge in [0.15, 0.2) is 0 Å². The highest BCUT2D eigenvalue weighted by molar-refractivity contribution is 8.00. The van der Waals surface area contributed by atoms with Gasteiger partial charge in [-0.2, -0.15) is 11.8 Å². The lowest BCUT2D eigenvalue weighted by Gasteiger charge is -2.20. The van der Waals surface area contributed by atoms with Crippen LogP contribution in [0.1, 0.15) is 31.7 Å². The molecule has 2 rings (SSSR count). The molecule has 0 aliphatic heterocycles. The molecule has 1 aromatic carbocycles. The maximum Gasteiger partial charge on any atom is 0.240 e. The highest BCUT2D eigenvalue weighted by Gasteiger charge is 2.31. The molecule has 4 nitrogen and oxygen atoms in total. The van der Waals surface area contributed by atoms with Crippen molar-refractivity contribution in [3.05, 3.63) is 22.7 Å². The third-order valence-electron chi connectivity index (χ3n) is 3.81. The maximum absolute atomic E-state index is 12.5. The molecule has 0 saturated heterocycles. The number of nitrogens with one attached hydrogen (secondary N) is 1. The summed E-state index contributed by atoms with van der Waals surface area (Å²) in [5.74, 6) is 0.992. The summed E-state index contributed by atoms with van der Waals surface area (Å²) in [5.41, 5.74) is 6.92. The van der Waals surface area contributed by atoms with Crippen molar-refractivity contribution in [3.8, 4) is 0 Å². The second kappa shape index (κ2) is 6.77. The zero-order chi connectivity index (χ0) is 15.6. The molecule has 1 aromatic rings. The molecule has 2 unspecified atom stereocenters. The normalized spacial score (nSPS) is 22.6. The van der Waals surface area contributed by atoms with E-state index in [1.165, 1.54) is 12.1 Å². The minimum atomic E-state index is -3.58. The first-order valence-corrected chi connectivity index (χ1v) is 9.95. The van der Waals surface area contributed by atoms with Crippen LogP contribution >= 0.6 is 23.4 Å². The lowest BCUT2D eigenvalue weighted by Crippen LogP contribution is -2.38. The van der Waals surface area contributed by atoms with Gasteiger partial charge in [-0.3, -0.25) is 0 Å². The predicted octanol–water partition coefficient (Wildman–Crippen LogP) is 3.18. The molecule has 1 aliphatic rings. The van der Waals surface area contributed by atoms with E-state index in [1.807, 2.05) is 11.8 Å². The Morgan fingerprint density at radius 3 is 2.76 bits per heavy atom. The number of nitrogen functional groups attached to an aromatic ring is 1. The summed E-state index contributed by atoms with van der Waals surface area (Å²) in [7, 11) is -3.58. The quantitative estimate of drug-likeness (QED) is 0.801. The summed E-state index contributed by atoms with van der Waals surface area (Å²) >= 11 is 7.86. The zero-order valence-corrected chi connectivity index (χ0v) is 14.6. The van der Waals surface area contributed by atoms with E-state index in [9.17, 15) is 8.42 Å². The van der Waals surface area contributed by atoms with Gasteiger partial charge in [0.25, 0.3) is 0 Å². The van der Waals surface area contributed by atoms with E-state index < -0.39 is 10.0 Å². The van der Waals surface area contributed by atoms with Gasteiger partial charge in [0.1, 0.15) is 0 Å². The van der Waals surface area contributed by atoms with Crippen molar-refractivity contribution in [3.63, 3.8) is 0 Å². The van der Waals surface area contributed by atoms with Gasteiger partial charge < -0.3 is 5.73 Å². The van der Waals surface area contributed by atoms with Crippen LogP contribution in [0.3, 0.4) is 0 Å². The first kappa shape index (κ1) is 16.9.